The van der Waals surface area contributed by atoms with Gasteiger partial charge in [0.05, 0.1) is 6.54 Å². The summed E-state index contributed by atoms with van der Waals surface area (Å²) in [7, 11) is 0. The maximum absolute atomic E-state index is 11.3. The van der Waals surface area contributed by atoms with Crippen LogP contribution in [-0.4, -0.2) is 44.1 Å². The first-order chi connectivity index (χ1) is 8.90. The summed E-state index contributed by atoms with van der Waals surface area (Å²) in [6.07, 6.45) is -1.27. The van der Waals surface area contributed by atoms with E-state index in [1.165, 1.54) is 12.1 Å². The van der Waals surface area contributed by atoms with Crippen molar-refractivity contribution in [2.75, 3.05) is 0 Å². The fourth-order valence-electron chi connectivity index (χ4n) is 2.01. The van der Waals surface area contributed by atoms with Crippen LogP contribution in [-0.2, 0) is 17.8 Å². The molecular formula is C11H11N3O5. The van der Waals surface area contributed by atoms with Gasteiger partial charge in [0.25, 0.3) is 0 Å². The smallest absolute Gasteiger partial charge is 0.408 e. The number of nitrogens with two attached hydrogens (primary N) is 1. The normalized spacial score (nSPS) is 17.7. The van der Waals surface area contributed by atoms with E-state index in [4.69, 9.17) is 15.9 Å². The molecule has 8 heteroatoms. The molecule has 0 saturated heterocycles. The Morgan fingerprint density at radius 2 is 2.00 bits per heavy atom. The molecule has 1 atom stereocenters. The summed E-state index contributed by atoms with van der Waals surface area (Å²) >= 11 is 0. The van der Waals surface area contributed by atoms with Crippen LogP contribution in [0.2, 0.25) is 0 Å². The minimum Gasteiger partial charge on any atom is -0.477 e. The Labute approximate surface area is 107 Å². The first kappa shape index (κ1) is 12.8. The Morgan fingerprint density at radius 3 is 2.53 bits per heavy atom. The van der Waals surface area contributed by atoms with Gasteiger partial charge in [0.15, 0.2) is 0 Å². The van der Waals surface area contributed by atoms with E-state index in [-0.39, 0.29) is 18.7 Å². The second-order valence-corrected chi connectivity index (χ2v) is 4.14. The molecule has 0 bridgehead atoms. The lowest BCUT2D eigenvalue weighted by Gasteiger charge is -2.32. The zero-order chi connectivity index (χ0) is 14.2. The van der Waals surface area contributed by atoms with E-state index in [1.54, 1.807) is 0 Å². The van der Waals surface area contributed by atoms with Crippen molar-refractivity contribution in [2.24, 2.45) is 5.73 Å². The number of fused-ring (bicyclic) bond motifs is 1. The van der Waals surface area contributed by atoms with E-state index in [2.05, 4.69) is 4.98 Å². The fourth-order valence-corrected chi connectivity index (χ4v) is 2.01. The van der Waals surface area contributed by atoms with Crippen LogP contribution < -0.4 is 5.73 Å². The number of nitrogens with zero attached hydrogens (tertiary/aromatic N) is 2. The zero-order valence-corrected chi connectivity index (χ0v) is 9.74. The van der Waals surface area contributed by atoms with Crippen LogP contribution in [0.15, 0.2) is 12.1 Å². The number of hydrogen-bond acceptors (Lipinski definition) is 4. The standard InChI is InChI=1S/C11H11N3O5/c12-9(15)8-3-7-5(4-14(8)11(18)19)1-2-6(13-7)10(16)17/h1-2,8H,3-4H2,(H2,12,15)(H,16,17)(H,18,19). The number of hydrogen-bond donors (Lipinski definition) is 3. The minimum absolute atomic E-state index is 0.0158. The van der Waals surface area contributed by atoms with Crippen LogP contribution in [0.3, 0.4) is 0 Å². The van der Waals surface area contributed by atoms with Crippen molar-refractivity contribution in [3.05, 3.63) is 29.1 Å². The van der Waals surface area contributed by atoms with E-state index in [9.17, 15) is 14.4 Å². The number of carboxylic acid groups (broad SMARTS) is 2. The Balaban J connectivity index is 2.41. The average molecular weight is 265 g/mol. The summed E-state index contributed by atoms with van der Waals surface area (Å²) < 4.78 is 0. The second-order valence-electron chi connectivity index (χ2n) is 4.14. The van der Waals surface area contributed by atoms with Gasteiger partial charge in [-0.05, 0) is 11.6 Å². The van der Waals surface area contributed by atoms with Gasteiger partial charge in [0.2, 0.25) is 5.91 Å². The highest BCUT2D eigenvalue weighted by Crippen LogP contribution is 2.22. The first-order valence-corrected chi connectivity index (χ1v) is 5.41. The van der Waals surface area contributed by atoms with Crippen LogP contribution in [0.1, 0.15) is 21.7 Å². The number of rotatable bonds is 2. The van der Waals surface area contributed by atoms with Gasteiger partial charge in [-0.1, -0.05) is 6.07 Å². The summed E-state index contributed by atoms with van der Waals surface area (Å²) in [5.74, 6) is -1.96. The molecule has 1 aliphatic rings. The molecule has 2 amide bonds. The molecular weight excluding hydrogens is 254 g/mol. The van der Waals surface area contributed by atoms with Gasteiger partial charge < -0.3 is 15.9 Å². The number of carbonyl (C=O) groups excluding carboxylic acids is 1. The van der Waals surface area contributed by atoms with Crippen molar-refractivity contribution in [1.82, 2.24) is 9.88 Å². The highest BCUT2D eigenvalue weighted by Gasteiger charge is 2.34. The van der Waals surface area contributed by atoms with Gasteiger partial charge in [-0.25, -0.2) is 14.6 Å². The number of carbonyl (C=O) groups is 3. The summed E-state index contributed by atoms with van der Waals surface area (Å²) in [4.78, 5) is 38.0. The zero-order valence-electron chi connectivity index (χ0n) is 9.74. The first-order valence-electron chi connectivity index (χ1n) is 5.41. The molecule has 19 heavy (non-hydrogen) atoms. The highest BCUT2D eigenvalue weighted by molar-refractivity contribution is 5.86. The predicted octanol–water partition coefficient (Wildman–Crippen LogP) is -0.330. The van der Waals surface area contributed by atoms with Gasteiger partial charge >= 0.3 is 12.1 Å². The molecule has 100 valence electrons. The monoisotopic (exact) mass is 265 g/mol. The number of aromatic carboxylic acids is 1. The Kier molecular flexibility index (Phi) is 3.07. The number of pyridine rings is 1. The molecule has 1 aromatic heterocycles. The second kappa shape index (κ2) is 4.56. The predicted molar refractivity (Wildman–Crippen MR) is 61.5 cm³/mol. The summed E-state index contributed by atoms with van der Waals surface area (Å²) in [5, 5.41) is 17.9. The van der Waals surface area contributed by atoms with Crippen molar-refractivity contribution in [3.8, 4) is 0 Å². The topological polar surface area (TPSA) is 134 Å². The Bertz CT molecular complexity index is 571. The van der Waals surface area contributed by atoms with Crippen molar-refractivity contribution in [1.29, 1.82) is 0 Å². The number of aromatic nitrogens is 1. The van der Waals surface area contributed by atoms with Crippen molar-refractivity contribution in [3.63, 3.8) is 0 Å². The lowest BCUT2D eigenvalue weighted by Crippen LogP contribution is -2.51. The van der Waals surface area contributed by atoms with Crippen LogP contribution in [0.5, 0.6) is 0 Å². The maximum Gasteiger partial charge on any atom is 0.408 e. The minimum atomic E-state index is -1.25. The van der Waals surface area contributed by atoms with E-state index in [0.29, 0.717) is 11.3 Å². The summed E-state index contributed by atoms with van der Waals surface area (Å²) in [6.45, 7) is -0.0365. The molecule has 1 aliphatic heterocycles. The Morgan fingerprint density at radius 1 is 1.32 bits per heavy atom. The van der Waals surface area contributed by atoms with E-state index in [0.717, 1.165) is 4.90 Å². The molecule has 1 aromatic rings. The molecule has 2 rings (SSSR count). The van der Waals surface area contributed by atoms with Crippen molar-refractivity contribution >= 4 is 18.0 Å². The van der Waals surface area contributed by atoms with Crippen LogP contribution in [0, 0.1) is 0 Å². The third-order valence-electron chi connectivity index (χ3n) is 2.97. The SMILES string of the molecule is NC(=O)C1Cc2nc(C(=O)O)ccc2CN1C(=O)O. The van der Waals surface area contributed by atoms with Crippen LogP contribution >= 0.6 is 0 Å². The van der Waals surface area contributed by atoms with Gasteiger partial charge in [-0.2, -0.15) is 0 Å². The molecule has 0 saturated carbocycles. The molecule has 0 aromatic carbocycles. The van der Waals surface area contributed by atoms with Crippen molar-refractivity contribution in [2.45, 2.75) is 19.0 Å². The third kappa shape index (κ3) is 2.32. The van der Waals surface area contributed by atoms with Gasteiger partial charge in [0.1, 0.15) is 11.7 Å². The molecule has 1 unspecified atom stereocenters. The molecule has 0 fully saturated rings. The molecule has 0 radical (unpaired) electrons. The number of amides is 2. The molecule has 8 nitrogen and oxygen atoms in total. The lowest BCUT2D eigenvalue weighted by atomic mass is 9.98. The van der Waals surface area contributed by atoms with Gasteiger partial charge in [-0.3, -0.25) is 9.69 Å². The van der Waals surface area contributed by atoms with Crippen molar-refractivity contribution < 1.29 is 24.6 Å². The van der Waals surface area contributed by atoms with Gasteiger partial charge in [-0.15, -0.1) is 0 Å². The van der Waals surface area contributed by atoms with E-state index >= 15 is 0 Å². The number of primary amides is 1. The third-order valence-corrected chi connectivity index (χ3v) is 2.97. The van der Waals surface area contributed by atoms with E-state index in [1.807, 2.05) is 0 Å². The van der Waals surface area contributed by atoms with Crippen LogP contribution in [0.4, 0.5) is 4.79 Å². The Hall–Kier alpha value is -2.64. The maximum atomic E-state index is 11.3. The highest BCUT2D eigenvalue weighted by atomic mass is 16.4. The fraction of sp³-hybridized carbons (Fsp3) is 0.273. The quantitative estimate of drug-likeness (QED) is 0.670. The number of carboxylic acids is 1. The summed E-state index contributed by atoms with van der Waals surface area (Å²) in [6, 6.07) is 1.77. The van der Waals surface area contributed by atoms with E-state index < -0.39 is 24.0 Å². The summed E-state index contributed by atoms with van der Waals surface area (Å²) in [5.41, 5.74) is 5.98. The molecule has 2 heterocycles. The molecule has 4 N–H and O–H groups in total. The van der Waals surface area contributed by atoms with Gasteiger partial charge in [0, 0.05) is 12.1 Å². The molecule has 0 aliphatic carbocycles. The largest absolute Gasteiger partial charge is 0.477 e. The van der Waals surface area contributed by atoms with Crippen LogP contribution in [0.25, 0.3) is 0 Å². The lowest BCUT2D eigenvalue weighted by molar-refractivity contribution is -0.123. The average Bonchev–Trinajstić information content (AvgIpc) is 2.36. The molecule has 0 spiro atoms.